The summed E-state index contributed by atoms with van der Waals surface area (Å²) in [6.07, 6.45) is -0.946. The highest BCUT2D eigenvalue weighted by molar-refractivity contribution is 5.74. The van der Waals surface area contributed by atoms with E-state index in [1.807, 2.05) is 0 Å². The number of hydrogen-bond acceptors (Lipinski definition) is 5. The van der Waals surface area contributed by atoms with Crippen LogP contribution in [0.25, 0.3) is 0 Å². The Labute approximate surface area is 131 Å². The van der Waals surface area contributed by atoms with E-state index < -0.39 is 29.5 Å². The van der Waals surface area contributed by atoms with E-state index in [0.29, 0.717) is 13.1 Å². The van der Waals surface area contributed by atoms with Crippen LogP contribution < -0.4 is 0 Å². The number of methoxy groups -OCH3 is 1. The molecule has 0 spiro atoms. The van der Waals surface area contributed by atoms with Crippen LogP contribution in [0, 0.1) is 5.92 Å². The number of rotatable bonds is 5. The van der Waals surface area contributed by atoms with Gasteiger partial charge in [-0.1, -0.05) is 0 Å². The van der Waals surface area contributed by atoms with Crippen molar-refractivity contribution in [3.8, 4) is 0 Å². The van der Waals surface area contributed by atoms with Crippen molar-refractivity contribution in [1.29, 1.82) is 0 Å². The third-order valence-electron chi connectivity index (χ3n) is 4.22. The maximum Gasteiger partial charge on any atom is 0.425 e. The molecule has 1 N–H and O–H groups in total. The van der Waals surface area contributed by atoms with Crippen LogP contribution in [0.15, 0.2) is 12.4 Å². The maximum atomic E-state index is 13.7. The second-order valence-corrected chi connectivity index (χ2v) is 5.71. The lowest BCUT2D eigenvalue weighted by Gasteiger charge is -2.37. The van der Waals surface area contributed by atoms with E-state index in [4.69, 9.17) is 0 Å². The van der Waals surface area contributed by atoms with Crippen LogP contribution in [-0.4, -0.2) is 58.4 Å². The molecule has 1 aliphatic heterocycles. The van der Waals surface area contributed by atoms with Gasteiger partial charge < -0.3 is 19.3 Å². The Kier molecular flexibility index (Phi) is 5.00. The number of halogens is 3. The first-order valence-corrected chi connectivity index (χ1v) is 7.29. The number of esters is 1. The van der Waals surface area contributed by atoms with E-state index in [-0.39, 0.29) is 6.54 Å². The van der Waals surface area contributed by atoms with Gasteiger partial charge in [-0.15, -0.1) is 0 Å². The molecular formula is C14H20F3N3O3. The maximum absolute atomic E-state index is 13.7. The van der Waals surface area contributed by atoms with E-state index >= 15 is 0 Å². The normalized spacial score (nSPS) is 20.3. The van der Waals surface area contributed by atoms with Crippen LogP contribution in [-0.2, 0) is 22.2 Å². The molecule has 1 fully saturated rings. The molecule has 2 heterocycles. The van der Waals surface area contributed by atoms with Crippen LogP contribution in [0.1, 0.15) is 18.7 Å². The van der Waals surface area contributed by atoms with Gasteiger partial charge in [0.2, 0.25) is 5.60 Å². The summed E-state index contributed by atoms with van der Waals surface area (Å²) in [5, 5.41) is 10.6. The summed E-state index contributed by atoms with van der Waals surface area (Å²) in [5.41, 5.74) is -3.42. The molecule has 0 bridgehead atoms. The predicted octanol–water partition coefficient (Wildman–Crippen LogP) is 1.05. The minimum Gasteiger partial charge on any atom is -0.469 e. The van der Waals surface area contributed by atoms with Crippen LogP contribution in [0.3, 0.4) is 0 Å². The van der Waals surface area contributed by atoms with Gasteiger partial charge in [-0.05, 0) is 25.9 Å². The van der Waals surface area contributed by atoms with Crippen LogP contribution in [0.2, 0.25) is 0 Å². The van der Waals surface area contributed by atoms with E-state index in [1.54, 1.807) is 4.90 Å². The van der Waals surface area contributed by atoms with E-state index in [0.717, 1.165) is 30.7 Å². The average Bonchev–Trinajstić information content (AvgIpc) is 3.13. The molecule has 2 atom stereocenters. The number of imidazole rings is 1. The minimum absolute atomic E-state index is 0.241. The van der Waals surface area contributed by atoms with Gasteiger partial charge in [0.1, 0.15) is 5.92 Å². The van der Waals surface area contributed by atoms with Crippen LogP contribution in [0.5, 0.6) is 0 Å². The predicted molar refractivity (Wildman–Crippen MR) is 74.3 cm³/mol. The van der Waals surface area contributed by atoms with Gasteiger partial charge in [-0.3, -0.25) is 4.79 Å². The number of nitrogens with zero attached hydrogens (tertiary/aromatic N) is 3. The Balaban J connectivity index is 2.48. The fraction of sp³-hybridized carbons (Fsp3) is 0.714. The van der Waals surface area contributed by atoms with Crippen molar-refractivity contribution in [2.24, 2.45) is 13.0 Å². The van der Waals surface area contributed by atoms with Gasteiger partial charge >= 0.3 is 12.1 Å². The van der Waals surface area contributed by atoms with E-state index in [9.17, 15) is 23.1 Å². The number of carbonyl (C=O) groups excluding carboxylic acids is 1. The third kappa shape index (κ3) is 3.20. The minimum atomic E-state index is -5.08. The molecule has 6 nitrogen and oxygen atoms in total. The molecule has 0 unspecified atom stereocenters. The lowest BCUT2D eigenvalue weighted by Crippen LogP contribution is -2.56. The molecule has 23 heavy (non-hydrogen) atoms. The molecule has 1 aliphatic rings. The number of hydrogen-bond donors (Lipinski definition) is 1. The van der Waals surface area contributed by atoms with Crippen molar-refractivity contribution in [2.45, 2.75) is 24.6 Å². The van der Waals surface area contributed by atoms with Crippen molar-refractivity contribution >= 4 is 5.97 Å². The van der Waals surface area contributed by atoms with Crippen molar-refractivity contribution in [2.75, 3.05) is 26.7 Å². The zero-order chi connectivity index (χ0) is 17.3. The van der Waals surface area contributed by atoms with Crippen LogP contribution in [0.4, 0.5) is 13.2 Å². The standard InChI is InChI=1S/C14H20F3N3O3/c1-19-8-5-18-12(19)13(22,14(15,16)17)10(11(21)23-2)9-20-6-3-4-7-20/h5,8,10,22H,3-4,6-7,9H2,1-2H3/t10-,13+/m1/s1. The van der Waals surface area contributed by atoms with Gasteiger partial charge in [0.25, 0.3) is 0 Å². The topological polar surface area (TPSA) is 67.6 Å². The van der Waals surface area contributed by atoms with Crippen molar-refractivity contribution in [3.63, 3.8) is 0 Å². The Hall–Kier alpha value is -1.61. The number of aromatic nitrogens is 2. The summed E-state index contributed by atoms with van der Waals surface area (Å²) in [7, 11) is 2.35. The molecule has 0 aliphatic carbocycles. The van der Waals surface area contributed by atoms with Crippen LogP contribution >= 0.6 is 0 Å². The van der Waals surface area contributed by atoms with Gasteiger partial charge in [0.05, 0.1) is 7.11 Å². The number of ether oxygens (including phenoxy) is 1. The molecule has 1 saturated heterocycles. The summed E-state index contributed by atoms with van der Waals surface area (Å²) in [6, 6.07) is 0. The lowest BCUT2D eigenvalue weighted by atomic mass is 9.84. The van der Waals surface area contributed by atoms with E-state index in [2.05, 4.69) is 9.72 Å². The molecule has 9 heteroatoms. The first kappa shape index (κ1) is 17.7. The first-order chi connectivity index (χ1) is 10.7. The summed E-state index contributed by atoms with van der Waals surface area (Å²) in [4.78, 5) is 17.4. The van der Waals surface area contributed by atoms with Gasteiger partial charge in [-0.25, -0.2) is 4.98 Å². The van der Waals surface area contributed by atoms with Crippen molar-refractivity contribution in [1.82, 2.24) is 14.5 Å². The monoisotopic (exact) mass is 335 g/mol. The highest BCUT2D eigenvalue weighted by Gasteiger charge is 2.64. The number of likely N-dealkylation sites (tertiary alicyclic amines) is 1. The molecule has 2 rings (SSSR count). The lowest BCUT2D eigenvalue weighted by molar-refractivity contribution is -0.291. The zero-order valence-electron chi connectivity index (χ0n) is 13.0. The van der Waals surface area contributed by atoms with E-state index in [1.165, 1.54) is 13.2 Å². The molecule has 0 aromatic carbocycles. The molecule has 0 amide bonds. The first-order valence-electron chi connectivity index (χ1n) is 7.29. The smallest absolute Gasteiger partial charge is 0.425 e. The second-order valence-electron chi connectivity index (χ2n) is 5.71. The Bertz CT molecular complexity index is 555. The Morgan fingerprint density at radius 1 is 1.43 bits per heavy atom. The molecule has 1 aromatic rings. The van der Waals surface area contributed by atoms with Gasteiger partial charge in [0, 0.05) is 26.0 Å². The highest BCUT2D eigenvalue weighted by Crippen LogP contribution is 2.44. The average molecular weight is 335 g/mol. The summed E-state index contributed by atoms with van der Waals surface area (Å²) < 4.78 is 46.8. The fourth-order valence-corrected chi connectivity index (χ4v) is 2.96. The van der Waals surface area contributed by atoms with Crippen molar-refractivity contribution in [3.05, 3.63) is 18.2 Å². The number of carbonyl (C=O) groups is 1. The molecule has 1 aromatic heterocycles. The number of alkyl halides is 3. The third-order valence-corrected chi connectivity index (χ3v) is 4.22. The van der Waals surface area contributed by atoms with Gasteiger partial charge in [-0.2, -0.15) is 13.2 Å². The molecular weight excluding hydrogens is 315 g/mol. The summed E-state index contributed by atoms with van der Waals surface area (Å²) in [6.45, 7) is 0.930. The molecule has 0 radical (unpaired) electrons. The molecule has 130 valence electrons. The zero-order valence-corrected chi connectivity index (χ0v) is 13.0. The summed E-state index contributed by atoms with van der Waals surface area (Å²) >= 11 is 0. The largest absolute Gasteiger partial charge is 0.469 e. The van der Waals surface area contributed by atoms with Crippen molar-refractivity contribution < 1.29 is 27.8 Å². The quantitative estimate of drug-likeness (QED) is 0.815. The highest BCUT2D eigenvalue weighted by atomic mass is 19.4. The Morgan fingerprint density at radius 3 is 2.48 bits per heavy atom. The number of aryl methyl sites for hydroxylation is 1. The SMILES string of the molecule is COC(=O)[C@@H](CN1CCCC1)[C@](O)(c1nccn1C)C(F)(F)F. The summed E-state index contributed by atoms with van der Waals surface area (Å²) in [5.74, 6) is -3.55. The fourth-order valence-electron chi connectivity index (χ4n) is 2.96. The Morgan fingerprint density at radius 2 is 2.04 bits per heavy atom. The number of aliphatic hydroxyl groups is 1. The molecule has 0 saturated carbocycles. The van der Waals surface area contributed by atoms with Gasteiger partial charge in [0.15, 0.2) is 5.82 Å². The second kappa shape index (κ2) is 6.48.